The van der Waals surface area contributed by atoms with Crippen LogP contribution in [-0.2, 0) is 22.7 Å². The lowest BCUT2D eigenvalue weighted by Crippen LogP contribution is -2.28. The number of carbonyl (C=O) groups excluding carboxylic acids is 1. The molecule has 2 heterocycles. The summed E-state index contributed by atoms with van der Waals surface area (Å²) < 4.78 is 22.9. The molecule has 128 valence electrons. The van der Waals surface area contributed by atoms with Crippen LogP contribution in [0.15, 0.2) is 18.2 Å². The number of nitrogens with zero attached hydrogens (tertiary/aromatic N) is 3. The van der Waals surface area contributed by atoms with Crippen LogP contribution >= 0.6 is 11.5 Å². The Labute approximate surface area is 143 Å². The summed E-state index contributed by atoms with van der Waals surface area (Å²) in [7, 11) is 1.60. The molecule has 3 rings (SSSR count). The standard InChI is InChI=1S/C16H19FN4O2S/c1-10(22)21-6-5-14(13-4-3-12(17)7-11(13)8-21)18-16-19-15(9-23-2)20-24-16/h3-4,7,14H,5-6,8-9H2,1-2H3,(H,18,19,20). The molecule has 0 fully saturated rings. The highest BCUT2D eigenvalue weighted by atomic mass is 32.1. The van der Waals surface area contributed by atoms with Crippen molar-refractivity contribution in [1.29, 1.82) is 0 Å². The van der Waals surface area contributed by atoms with Crippen molar-refractivity contribution < 1.29 is 13.9 Å². The van der Waals surface area contributed by atoms with E-state index in [0.29, 0.717) is 30.7 Å². The van der Waals surface area contributed by atoms with Crippen molar-refractivity contribution >= 4 is 22.6 Å². The Morgan fingerprint density at radius 1 is 1.54 bits per heavy atom. The lowest BCUT2D eigenvalue weighted by Gasteiger charge is -2.19. The Morgan fingerprint density at radius 3 is 3.12 bits per heavy atom. The van der Waals surface area contributed by atoms with E-state index in [1.165, 1.54) is 30.6 Å². The van der Waals surface area contributed by atoms with Gasteiger partial charge in [-0.15, -0.1) is 0 Å². The van der Waals surface area contributed by atoms with Crippen molar-refractivity contribution in [1.82, 2.24) is 14.3 Å². The lowest BCUT2D eigenvalue weighted by molar-refractivity contribution is -0.129. The number of ether oxygens (including phenoxy) is 1. The number of hydrogen-bond donors (Lipinski definition) is 1. The van der Waals surface area contributed by atoms with E-state index in [2.05, 4.69) is 14.7 Å². The summed E-state index contributed by atoms with van der Waals surface area (Å²) in [6, 6.07) is 4.69. The third-order valence-electron chi connectivity index (χ3n) is 4.01. The topological polar surface area (TPSA) is 67.3 Å². The molecule has 1 atom stereocenters. The number of halogens is 1. The van der Waals surface area contributed by atoms with Crippen LogP contribution in [0.2, 0.25) is 0 Å². The predicted molar refractivity (Wildman–Crippen MR) is 89.1 cm³/mol. The van der Waals surface area contributed by atoms with Crippen LogP contribution in [0.3, 0.4) is 0 Å². The van der Waals surface area contributed by atoms with E-state index in [9.17, 15) is 9.18 Å². The summed E-state index contributed by atoms with van der Waals surface area (Å²) in [4.78, 5) is 17.9. The molecule has 24 heavy (non-hydrogen) atoms. The average molecular weight is 350 g/mol. The molecule has 0 radical (unpaired) electrons. The number of anilines is 1. The number of methoxy groups -OCH3 is 1. The maximum Gasteiger partial charge on any atom is 0.219 e. The third kappa shape index (κ3) is 3.70. The average Bonchev–Trinajstić information content (AvgIpc) is 2.89. The molecule has 2 aromatic rings. The molecule has 0 bridgehead atoms. The summed E-state index contributed by atoms with van der Waals surface area (Å²) in [6.07, 6.45) is 0.720. The first kappa shape index (κ1) is 16.8. The minimum atomic E-state index is -0.295. The number of benzene rings is 1. The first-order valence-corrected chi connectivity index (χ1v) is 8.46. The smallest absolute Gasteiger partial charge is 0.219 e. The van der Waals surface area contributed by atoms with Gasteiger partial charge in [0.05, 0.1) is 6.04 Å². The Hall–Kier alpha value is -2.06. The molecular formula is C16H19FN4O2S. The summed E-state index contributed by atoms with van der Waals surface area (Å²) in [6.45, 7) is 2.93. The van der Waals surface area contributed by atoms with E-state index in [-0.39, 0.29) is 17.8 Å². The molecule has 6 nitrogen and oxygen atoms in total. The predicted octanol–water partition coefficient (Wildman–Crippen LogP) is 2.73. The largest absolute Gasteiger partial charge is 0.377 e. The third-order valence-corrected chi connectivity index (χ3v) is 4.70. The summed E-state index contributed by atoms with van der Waals surface area (Å²) in [5, 5.41) is 4.06. The van der Waals surface area contributed by atoms with Gasteiger partial charge in [-0.2, -0.15) is 4.37 Å². The van der Waals surface area contributed by atoms with Gasteiger partial charge in [0.2, 0.25) is 11.0 Å². The molecular weight excluding hydrogens is 331 g/mol. The Bertz CT molecular complexity index is 737. The van der Waals surface area contributed by atoms with E-state index >= 15 is 0 Å². The van der Waals surface area contributed by atoms with Crippen LogP contribution in [0, 0.1) is 5.82 Å². The highest BCUT2D eigenvalue weighted by molar-refractivity contribution is 7.09. The van der Waals surface area contributed by atoms with Crippen molar-refractivity contribution in [3.05, 3.63) is 41.0 Å². The second kappa shape index (κ2) is 7.23. The highest BCUT2D eigenvalue weighted by Gasteiger charge is 2.24. The number of fused-ring (bicyclic) bond motifs is 1. The normalized spacial score (nSPS) is 17.3. The zero-order valence-corrected chi connectivity index (χ0v) is 14.4. The van der Waals surface area contributed by atoms with Gasteiger partial charge in [-0.05, 0) is 29.7 Å². The molecule has 0 saturated heterocycles. The van der Waals surface area contributed by atoms with Gasteiger partial charge in [0.25, 0.3) is 0 Å². The number of nitrogens with one attached hydrogen (secondary N) is 1. The Kier molecular flexibility index (Phi) is 5.06. The van der Waals surface area contributed by atoms with E-state index in [1.54, 1.807) is 18.1 Å². The molecule has 1 N–H and O–H groups in total. The van der Waals surface area contributed by atoms with Gasteiger partial charge < -0.3 is 15.0 Å². The van der Waals surface area contributed by atoms with Crippen molar-refractivity contribution in [2.75, 3.05) is 19.0 Å². The van der Waals surface area contributed by atoms with Gasteiger partial charge in [-0.3, -0.25) is 4.79 Å². The SMILES string of the molecule is COCc1nsc(NC2CCN(C(C)=O)Cc3cc(F)ccc32)n1. The fraction of sp³-hybridized carbons (Fsp3) is 0.438. The van der Waals surface area contributed by atoms with Crippen LogP contribution in [0.4, 0.5) is 9.52 Å². The van der Waals surface area contributed by atoms with Gasteiger partial charge >= 0.3 is 0 Å². The van der Waals surface area contributed by atoms with E-state index < -0.39 is 0 Å². The molecule has 1 aromatic heterocycles. The van der Waals surface area contributed by atoms with Gasteiger partial charge in [0.15, 0.2) is 5.82 Å². The van der Waals surface area contributed by atoms with Crippen molar-refractivity contribution in [3.63, 3.8) is 0 Å². The van der Waals surface area contributed by atoms with Gasteiger partial charge in [-0.1, -0.05) is 6.07 Å². The van der Waals surface area contributed by atoms with E-state index in [0.717, 1.165) is 17.5 Å². The van der Waals surface area contributed by atoms with Crippen LogP contribution in [0.5, 0.6) is 0 Å². The number of hydrogen-bond acceptors (Lipinski definition) is 6. The maximum absolute atomic E-state index is 13.6. The van der Waals surface area contributed by atoms with E-state index in [4.69, 9.17) is 4.74 Å². The van der Waals surface area contributed by atoms with Gasteiger partial charge in [-0.25, -0.2) is 9.37 Å². The minimum absolute atomic E-state index is 0.0100. The summed E-state index contributed by atoms with van der Waals surface area (Å²) in [5.74, 6) is 0.323. The highest BCUT2D eigenvalue weighted by Crippen LogP contribution is 2.31. The zero-order chi connectivity index (χ0) is 17.1. The molecule has 8 heteroatoms. The van der Waals surface area contributed by atoms with Crippen LogP contribution in [0.1, 0.15) is 36.3 Å². The van der Waals surface area contributed by atoms with Crippen LogP contribution in [-0.4, -0.2) is 33.8 Å². The lowest BCUT2D eigenvalue weighted by atomic mass is 9.99. The quantitative estimate of drug-likeness (QED) is 0.918. The Balaban J connectivity index is 1.86. The molecule has 1 amide bonds. The second-order valence-electron chi connectivity index (χ2n) is 5.72. The van der Waals surface area contributed by atoms with Crippen molar-refractivity contribution in [3.8, 4) is 0 Å². The molecule has 0 spiro atoms. The van der Waals surface area contributed by atoms with Crippen molar-refractivity contribution in [2.45, 2.75) is 32.5 Å². The number of aromatic nitrogens is 2. The fourth-order valence-electron chi connectivity index (χ4n) is 2.84. The van der Waals surface area contributed by atoms with Crippen molar-refractivity contribution in [2.24, 2.45) is 0 Å². The zero-order valence-electron chi connectivity index (χ0n) is 13.6. The fourth-order valence-corrected chi connectivity index (χ4v) is 3.47. The second-order valence-corrected chi connectivity index (χ2v) is 6.47. The van der Waals surface area contributed by atoms with Gasteiger partial charge in [0.1, 0.15) is 12.4 Å². The Morgan fingerprint density at radius 2 is 2.38 bits per heavy atom. The molecule has 1 aliphatic heterocycles. The van der Waals surface area contributed by atoms with E-state index in [1.807, 2.05) is 0 Å². The number of rotatable bonds is 4. The molecule has 0 saturated carbocycles. The molecule has 1 aliphatic rings. The first-order valence-electron chi connectivity index (χ1n) is 7.68. The van der Waals surface area contributed by atoms with Crippen LogP contribution < -0.4 is 5.32 Å². The monoisotopic (exact) mass is 350 g/mol. The molecule has 1 aromatic carbocycles. The maximum atomic E-state index is 13.6. The molecule has 0 aliphatic carbocycles. The first-order chi connectivity index (χ1) is 11.6. The number of amides is 1. The van der Waals surface area contributed by atoms with Gasteiger partial charge in [0, 0.05) is 38.7 Å². The number of carbonyl (C=O) groups is 1. The summed E-state index contributed by atoms with van der Waals surface area (Å²) >= 11 is 1.27. The molecule has 1 unspecified atom stereocenters. The minimum Gasteiger partial charge on any atom is -0.377 e. The van der Waals surface area contributed by atoms with Crippen LogP contribution in [0.25, 0.3) is 0 Å². The summed E-state index contributed by atoms with van der Waals surface area (Å²) in [5.41, 5.74) is 1.81.